The fourth-order valence-electron chi connectivity index (χ4n) is 1.74. The smallest absolute Gasteiger partial charge is 0.0456 e. The summed E-state index contributed by atoms with van der Waals surface area (Å²) in [6.07, 6.45) is 5.76. The van der Waals surface area contributed by atoms with Gasteiger partial charge in [0.25, 0.3) is 0 Å². The Morgan fingerprint density at radius 3 is 3.00 bits per heavy atom. The lowest BCUT2D eigenvalue weighted by Gasteiger charge is -2.01. The van der Waals surface area contributed by atoms with E-state index in [-0.39, 0.29) is 0 Å². The Balaban J connectivity index is 2.37. The van der Waals surface area contributed by atoms with E-state index in [0.29, 0.717) is 0 Å². The van der Waals surface area contributed by atoms with Crippen LogP contribution in [-0.4, -0.2) is 4.98 Å². The van der Waals surface area contributed by atoms with Crippen LogP contribution < -0.4 is 0 Å². The molecule has 0 saturated heterocycles. The normalized spacial score (nSPS) is 10.8. The molecular weight excluding hydrogens is 158 g/mol. The van der Waals surface area contributed by atoms with Crippen molar-refractivity contribution in [2.75, 3.05) is 0 Å². The molecule has 0 aliphatic heterocycles. The molecule has 2 rings (SSSR count). The van der Waals surface area contributed by atoms with E-state index >= 15 is 0 Å². The fraction of sp³-hybridized carbons (Fsp3) is 0.333. The highest BCUT2D eigenvalue weighted by Crippen LogP contribution is 2.18. The average molecular weight is 173 g/mol. The molecule has 0 unspecified atom stereocenters. The van der Waals surface area contributed by atoms with E-state index in [2.05, 4.69) is 36.2 Å². The zero-order valence-corrected chi connectivity index (χ0v) is 8.01. The summed E-state index contributed by atoms with van der Waals surface area (Å²) in [5.74, 6) is 0. The SMILES string of the molecule is CCCCc1cccc2[nH]ccc12. The number of aromatic amines is 1. The van der Waals surface area contributed by atoms with Crippen LogP contribution in [0.5, 0.6) is 0 Å². The molecule has 68 valence electrons. The molecule has 1 aromatic heterocycles. The van der Waals surface area contributed by atoms with Crippen LogP contribution >= 0.6 is 0 Å². The monoisotopic (exact) mass is 173 g/mol. The van der Waals surface area contributed by atoms with Crippen LogP contribution in [-0.2, 0) is 6.42 Å². The van der Waals surface area contributed by atoms with E-state index in [1.165, 1.54) is 35.7 Å². The second-order valence-corrected chi connectivity index (χ2v) is 3.46. The number of aromatic nitrogens is 1. The Morgan fingerprint density at radius 1 is 1.23 bits per heavy atom. The zero-order chi connectivity index (χ0) is 9.10. The summed E-state index contributed by atoms with van der Waals surface area (Å²) in [6.45, 7) is 2.23. The number of unbranched alkanes of at least 4 members (excludes halogenated alkanes) is 1. The van der Waals surface area contributed by atoms with Gasteiger partial charge in [0.2, 0.25) is 0 Å². The average Bonchev–Trinajstić information content (AvgIpc) is 2.62. The van der Waals surface area contributed by atoms with E-state index in [1.807, 2.05) is 6.20 Å². The molecule has 13 heavy (non-hydrogen) atoms. The summed E-state index contributed by atoms with van der Waals surface area (Å²) in [5.41, 5.74) is 2.73. The molecule has 0 amide bonds. The molecule has 1 aromatic carbocycles. The van der Waals surface area contributed by atoms with Crippen LogP contribution in [0.2, 0.25) is 0 Å². The Morgan fingerprint density at radius 2 is 2.15 bits per heavy atom. The van der Waals surface area contributed by atoms with Gasteiger partial charge in [-0.2, -0.15) is 0 Å². The number of aryl methyl sites for hydroxylation is 1. The van der Waals surface area contributed by atoms with Crippen molar-refractivity contribution in [3.63, 3.8) is 0 Å². The van der Waals surface area contributed by atoms with Gasteiger partial charge in [-0.3, -0.25) is 0 Å². The van der Waals surface area contributed by atoms with Crippen LogP contribution in [0.15, 0.2) is 30.5 Å². The first-order chi connectivity index (χ1) is 6.42. The topological polar surface area (TPSA) is 15.8 Å². The first kappa shape index (κ1) is 8.36. The van der Waals surface area contributed by atoms with Crippen molar-refractivity contribution in [2.45, 2.75) is 26.2 Å². The third kappa shape index (κ3) is 1.59. The summed E-state index contributed by atoms with van der Waals surface area (Å²) < 4.78 is 0. The van der Waals surface area contributed by atoms with Crippen LogP contribution in [0.25, 0.3) is 10.9 Å². The molecule has 0 bridgehead atoms. The van der Waals surface area contributed by atoms with Gasteiger partial charge in [0.05, 0.1) is 0 Å². The number of hydrogen-bond acceptors (Lipinski definition) is 0. The van der Waals surface area contributed by atoms with Gasteiger partial charge in [0.1, 0.15) is 0 Å². The standard InChI is InChI=1S/C12H15N/c1-2-3-5-10-6-4-7-12-11(10)8-9-13-12/h4,6-9,13H,2-3,5H2,1H3. The molecular formula is C12H15N. The van der Waals surface area contributed by atoms with Crippen LogP contribution in [0.3, 0.4) is 0 Å². The molecule has 1 N–H and O–H groups in total. The molecule has 0 saturated carbocycles. The summed E-state index contributed by atoms with van der Waals surface area (Å²) in [5, 5.41) is 1.39. The number of H-pyrrole nitrogens is 1. The molecule has 0 spiro atoms. The number of rotatable bonds is 3. The van der Waals surface area contributed by atoms with Crippen molar-refractivity contribution in [3.05, 3.63) is 36.0 Å². The Bertz CT molecular complexity index is 387. The van der Waals surface area contributed by atoms with Gasteiger partial charge >= 0.3 is 0 Å². The second kappa shape index (κ2) is 3.65. The quantitative estimate of drug-likeness (QED) is 0.731. The lowest BCUT2D eigenvalue weighted by Crippen LogP contribution is -1.84. The Kier molecular flexibility index (Phi) is 2.35. The van der Waals surface area contributed by atoms with Crippen molar-refractivity contribution >= 4 is 10.9 Å². The van der Waals surface area contributed by atoms with Gasteiger partial charge in [-0.1, -0.05) is 25.5 Å². The van der Waals surface area contributed by atoms with E-state index in [1.54, 1.807) is 0 Å². The van der Waals surface area contributed by atoms with Crippen LogP contribution in [0.4, 0.5) is 0 Å². The highest BCUT2D eigenvalue weighted by Gasteiger charge is 1.99. The zero-order valence-electron chi connectivity index (χ0n) is 8.01. The third-order valence-electron chi connectivity index (χ3n) is 2.48. The van der Waals surface area contributed by atoms with Crippen molar-refractivity contribution in [2.24, 2.45) is 0 Å². The highest BCUT2D eigenvalue weighted by molar-refractivity contribution is 5.82. The Labute approximate surface area is 78.8 Å². The van der Waals surface area contributed by atoms with Gasteiger partial charge in [-0.05, 0) is 30.5 Å². The molecule has 0 radical (unpaired) electrons. The summed E-state index contributed by atoms with van der Waals surface area (Å²) in [4.78, 5) is 3.24. The first-order valence-corrected chi connectivity index (χ1v) is 4.97. The summed E-state index contributed by atoms with van der Waals surface area (Å²) in [6, 6.07) is 8.65. The molecule has 0 fully saturated rings. The van der Waals surface area contributed by atoms with Gasteiger partial charge in [-0.15, -0.1) is 0 Å². The molecule has 2 aromatic rings. The second-order valence-electron chi connectivity index (χ2n) is 3.46. The minimum atomic E-state index is 1.20. The molecule has 1 nitrogen and oxygen atoms in total. The minimum absolute atomic E-state index is 1.20. The van der Waals surface area contributed by atoms with E-state index in [9.17, 15) is 0 Å². The maximum atomic E-state index is 3.24. The maximum Gasteiger partial charge on any atom is 0.0456 e. The van der Waals surface area contributed by atoms with Crippen molar-refractivity contribution in [3.8, 4) is 0 Å². The summed E-state index contributed by atoms with van der Waals surface area (Å²) in [7, 11) is 0. The molecule has 0 atom stereocenters. The predicted molar refractivity (Wildman–Crippen MR) is 56.9 cm³/mol. The van der Waals surface area contributed by atoms with Crippen molar-refractivity contribution in [1.29, 1.82) is 0 Å². The predicted octanol–water partition coefficient (Wildman–Crippen LogP) is 3.51. The lowest BCUT2D eigenvalue weighted by atomic mass is 10.0. The van der Waals surface area contributed by atoms with Gasteiger partial charge < -0.3 is 4.98 Å². The molecule has 1 heteroatoms. The molecule has 0 aliphatic rings. The largest absolute Gasteiger partial charge is 0.361 e. The minimum Gasteiger partial charge on any atom is -0.361 e. The van der Waals surface area contributed by atoms with Crippen LogP contribution in [0.1, 0.15) is 25.3 Å². The van der Waals surface area contributed by atoms with Crippen LogP contribution in [0, 0.1) is 0 Å². The first-order valence-electron chi connectivity index (χ1n) is 4.97. The number of benzene rings is 1. The van der Waals surface area contributed by atoms with E-state index in [4.69, 9.17) is 0 Å². The summed E-state index contributed by atoms with van der Waals surface area (Å²) >= 11 is 0. The van der Waals surface area contributed by atoms with Gasteiger partial charge in [-0.25, -0.2) is 0 Å². The lowest BCUT2D eigenvalue weighted by molar-refractivity contribution is 0.799. The molecule has 0 aliphatic carbocycles. The highest BCUT2D eigenvalue weighted by atomic mass is 14.7. The van der Waals surface area contributed by atoms with E-state index in [0.717, 1.165) is 0 Å². The molecule has 1 heterocycles. The number of nitrogens with one attached hydrogen (secondary N) is 1. The van der Waals surface area contributed by atoms with Crippen molar-refractivity contribution < 1.29 is 0 Å². The van der Waals surface area contributed by atoms with Crippen molar-refractivity contribution in [1.82, 2.24) is 4.98 Å². The third-order valence-corrected chi connectivity index (χ3v) is 2.48. The Hall–Kier alpha value is -1.24. The van der Waals surface area contributed by atoms with E-state index < -0.39 is 0 Å². The number of fused-ring (bicyclic) bond motifs is 1. The maximum absolute atomic E-state index is 3.24. The number of hydrogen-bond donors (Lipinski definition) is 1. The van der Waals surface area contributed by atoms with Gasteiger partial charge in [0, 0.05) is 17.1 Å². The fourth-order valence-corrected chi connectivity index (χ4v) is 1.74. The van der Waals surface area contributed by atoms with Gasteiger partial charge in [0.15, 0.2) is 0 Å².